The predicted octanol–water partition coefficient (Wildman–Crippen LogP) is 2.94. The zero-order chi connectivity index (χ0) is 13.3. The Kier molecular flexibility index (Phi) is 3.78. The van der Waals surface area contributed by atoms with Crippen molar-refractivity contribution < 1.29 is 9.53 Å². The first-order chi connectivity index (χ1) is 8.52. The van der Waals surface area contributed by atoms with Gasteiger partial charge in [-0.05, 0) is 19.1 Å². The molecule has 1 unspecified atom stereocenters. The van der Waals surface area contributed by atoms with Crippen molar-refractivity contribution in [1.29, 1.82) is 0 Å². The molecular weight excluding hydrogens is 275 g/mol. The van der Waals surface area contributed by atoms with Crippen LogP contribution < -0.4 is 4.74 Å². The maximum Gasteiger partial charge on any atom is 0.227 e. The number of aromatic nitrogens is 2. The van der Waals surface area contributed by atoms with Gasteiger partial charge in [0.2, 0.25) is 5.88 Å². The number of hydrogen-bond donors (Lipinski definition) is 0. The topological polar surface area (TPSA) is 44.1 Å². The Balaban J connectivity index is 2.28. The minimum absolute atomic E-state index is 0.291. The van der Waals surface area contributed by atoms with Crippen LogP contribution in [0.4, 0.5) is 0 Å². The molecule has 0 aliphatic heterocycles. The van der Waals surface area contributed by atoms with Gasteiger partial charge in [-0.3, -0.25) is 4.79 Å². The van der Waals surface area contributed by atoms with Crippen LogP contribution in [0.5, 0.6) is 5.88 Å². The standard InChI is InChI=1S/C12H12Cl2N2O2/c1-7-9(6-17)12(16(2)15-7)18-8-3-4-10(13)11(14)5-8/h3-4,6,11H,5H2,1-2H3. The van der Waals surface area contributed by atoms with Crippen LogP contribution in [0.3, 0.4) is 0 Å². The molecule has 1 heterocycles. The third-order valence-corrected chi connectivity index (χ3v) is 3.56. The van der Waals surface area contributed by atoms with E-state index in [1.807, 2.05) is 0 Å². The minimum Gasteiger partial charge on any atom is -0.443 e. The number of alkyl halides is 1. The summed E-state index contributed by atoms with van der Waals surface area (Å²) in [6, 6.07) is 0. The van der Waals surface area contributed by atoms with E-state index in [2.05, 4.69) is 5.10 Å². The number of carbonyl (C=O) groups is 1. The van der Waals surface area contributed by atoms with Crippen LogP contribution in [-0.4, -0.2) is 21.4 Å². The molecule has 1 aliphatic rings. The first-order valence-electron chi connectivity index (χ1n) is 5.40. The van der Waals surface area contributed by atoms with E-state index in [0.717, 1.165) is 6.29 Å². The number of allylic oxidation sites excluding steroid dienone is 4. The molecule has 0 aromatic carbocycles. The van der Waals surface area contributed by atoms with Crippen molar-refractivity contribution >= 4 is 29.5 Å². The molecule has 0 amide bonds. The van der Waals surface area contributed by atoms with Crippen molar-refractivity contribution in [2.24, 2.45) is 7.05 Å². The van der Waals surface area contributed by atoms with Crippen LogP contribution in [-0.2, 0) is 7.05 Å². The van der Waals surface area contributed by atoms with Crippen LogP contribution in [0.25, 0.3) is 0 Å². The van der Waals surface area contributed by atoms with Gasteiger partial charge in [-0.2, -0.15) is 5.10 Å². The minimum atomic E-state index is -0.291. The summed E-state index contributed by atoms with van der Waals surface area (Å²) in [5, 5.41) is 4.43. The van der Waals surface area contributed by atoms with E-state index in [1.54, 1.807) is 26.1 Å². The molecule has 4 nitrogen and oxygen atoms in total. The summed E-state index contributed by atoms with van der Waals surface area (Å²) in [7, 11) is 1.72. The number of aryl methyl sites for hydroxylation is 2. The molecule has 1 aromatic heterocycles. The first kappa shape index (κ1) is 13.2. The fraction of sp³-hybridized carbons (Fsp3) is 0.333. The van der Waals surface area contributed by atoms with Crippen molar-refractivity contribution in [2.75, 3.05) is 0 Å². The Labute approximate surface area is 115 Å². The number of rotatable bonds is 3. The van der Waals surface area contributed by atoms with Crippen molar-refractivity contribution in [3.05, 3.63) is 34.2 Å². The highest BCUT2D eigenvalue weighted by molar-refractivity contribution is 6.37. The molecule has 0 spiro atoms. The lowest BCUT2D eigenvalue weighted by atomic mass is 10.1. The third kappa shape index (κ3) is 2.44. The molecule has 6 heteroatoms. The predicted molar refractivity (Wildman–Crippen MR) is 70.2 cm³/mol. The number of nitrogens with zero attached hydrogens (tertiary/aromatic N) is 2. The number of aldehydes is 1. The Bertz CT molecular complexity index is 547. The maximum atomic E-state index is 11.0. The van der Waals surface area contributed by atoms with E-state index in [-0.39, 0.29) is 5.38 Å². The van der Waals surface area contributed by atoms with Crippen LogP contribution >= 0.6 is 23.2 Å². The lowest BCUT2D eigenvalue weighted by Crippen LogP contribution is -2.11. The average Bonchev–Trinajstić information content (AvgIpc) is 2.58. The summed E-state index contributed by atoms with van der Waals surface area (Å²) < 4.78 is 7.22. The van der Waals surface area contributed by atoms with Crippen LogP contribution in [0.2, 0.25) is 0 Å². The largest absolute Gasteiger partial charge is 0.443 e. The molecule has 1 aromatic rings. The lowest BCUT2D eigenvalue weighted by molar-refractivity contribution is 0.112. The van der Waals surface area contributed by atoms with Gasteiger partial charge in [0.15, 0.2) is 6.29 Å². The molecule has 1 atom stereocenters. The number of halogens is 2. The molecule has 18 heavy (non-hydrogen) atoms. The van der Waals surface area contributed by atoms with E-state index in [0.29, 0.717) is 34.3 Å². The lowest BCUT2D eigenvalue weighted by Gasteiger charge is -2.16. The van der Waals surface area contributed by atoms with Crippen LogP contribution in [0, 0.1) is 6.92 Å². The highest BCUT2D eigenvalue weighted by atomic mass is 35.5. The fourth-order valence-electron chi connectivity index (χ4n) is 1.73. The molecule has 0 bridgehead atoms. The normalized spacial score (nSPS) is 19.2. The van der Waals surface area contributed by atoms with Gasteiger partial charge in [-0.25, -0.2) is 4.68 Å². The van der Waals surface area contributed by atoms with Gasteiger partial charge in [-0.1, -0.05) is 11.6 Å². The highest BCUT2D eigenvalue weighted by Crippen LogP contribution is 2.29. The number of hydrogen-bond acceptors (Lipinski definition) is 3. The van der Waals surface area contributed by atoms with E-state index >= 15 is 0 Å². The number of carbonyl (C=O) groups excluding carboxylic acids is 1. The van der Waals surface area contributed by atoms with E-state index in [9.17, 15) is 4.79 Å². The second-order valence-corrected chi connectivity index (χ2v) is 4.97. The zero-order valence-corrected chi connectivity index (χ0v) is 11.5. The summed E-state index contributed by atoms with van der Waals surface area (Å²) in [5.41, 5.74) is 1.08. The van der Waals surface area contributed by atoms with Gasteiger partial charge in [-0.15, -0.1) is 11.6 Å². The molecule has 1 aliphatic carbocycles. The second kappa shape index (κ2) is 5.16. The van der Waals surface area contributed by atoms with Crippen molar-refractivity contribution in [3.8, 4) is 5.88 Å². The Morgan fingerprint density at radius 2 is 2.28 bits per heavy atom. The van der Waals surface area contributed by atoms with E-state index in [1.165, 1.54) is 4.68 Å². The Hall–Kier alpha value is -1.26. The molecule has 2 rings (SSSR count). The highest BCUT2D eigenvalue weighted by Gasteiger charge is 2.20. The van der Waals surface area contributed by atoms with E-state index < -0.39 is 0 Å². The molecule has 0 radical (unpaired) electrons. The fourth-order valence-corrected chi connectivity index (χ4v) is 2.09. The SMILES string of the molecule is Cc1nn(C)c(OC2=CC=C(Cl)C(Cl)C2)c1C=O. The smallest absolute Gasteiger partial charge is 0.227 e. The quantitative estimate of drug-likeness (QED) is 0.634. The molecular formula is C12H12Cl2N2O2. The van der Waals surface area contributed by atoms with Gasteiger partial charge >= 0.3 is 0 Å². The van der Waals surface area contributed by atoms with Crippen molar-refractivity contribution in [1.82, 2.24) is 9.78 Å². The monoisotopic (exact) mass is 286 g/mol. The summed E-state index contributed by atoms with van der Waals surface area (Å²) in [5.74, 6) is 1.08. The molecule has 0 saturated heterocycles. The molecule has 0 fully saturated rings. The summed E-state index contributed by atoms with van der Waals surface area (Å²) >= 11 is 11.9. The Morgan fingerprint density at radius 1 is 1.56 bits per heavy atom. The summed E-state index contributed by atoms with van der Waals surface area (Å²) in [6.07, 6.45) is 4.67. The van der Waals surface area contributed by atoms with Gasteiger partial charge < -0.3 is 4.74 Å². The third-order valence-electron chi connectivity index (χ3n) is 2.67. The summed E-state index contributed by atoms with van der Waals surface area (Å²) in [6.45, 7) is 1.76. The molecule has 0 N–H and O–H groups in total. The molecule has 0 saturated carbocycles. The average molecular weight is 287 g/mol. The van der Waals surface area contributed by atoms with Crippen LogP contribution in [0.15, 0.2) is 22.9 Å². The zero-order valence-electron chi connectivity index (χ0n) is 9.98. The van der Waals surface area contributed by atoms with Crippen molar-refractivity contribution in [3.63, 3.8) is 0 Å². The van der Waals surface area contributed by atoms with Crippen LogP contribution in [0.1, 0.15) is 22.5 Å². The summed E-state index contributed by atoms with van der Waals surface area (Å²) in [4.78, 5) is 11.0. The van der Waals surface area contributed by atoms with Crippen molar-refractivity contribution in [2.45, 2.75) is 18.7 Å². The number of ether oxygens (including phenoxy) is 1. The second-order valence-electron chi connectivity index (χ2n) is 4.00. The van der Waals surface area contributed by atoms with Gasteiger partial charge in [0, 0.05) is 18.5 Å². The van der Waals surface area contributed by atoms with Gasteiger partial charge in [0.05, 0.1) is 16.6 Å². The molecule has 96 valence electrons. The maximum absolute atomic E-state index is 11.0. The first-order valence-corrected chi connectivity index (χ1v) is 6.21. The van der Waals surface area contributed by atoms with Gasteiger partial charge in [0.25, 0.3) is 0 Å². The van der Waals surface area contributed by atoms with Gasteiger partial charge in [0.1, 0.15) is 5.76 Å². The Morgan fingerprint density at radius 3 is 2.89 bits per heavy atom. The van der Waals surface area contributed by atoms with E-state index in [4.69, 9.17) is 27.9 Å².